The molecule has 0 radical (unpaired) electrons. The van der Waals surface area contributed by atoms with E-state index in [1.165, 1.54) is 0 Å². The van der Waals surface area contributed by atoms with Gasteiger partial charge in [-0.2, -0.15) is 11.8 Å². The summed E-state index contributed by atoms with van der Waals surface area (Å²) in [6.45, 7) is 0.754. The summed E-state index contributed by atoms with van der Waals surface area (Å²) in [6.07, 6.45) is 0.992. The molecule has 0 aliphatic heterocycles. The van der Waals surface area contributed by atoms with Gasteiger partial charge in [0.15, 0.2) is 5.69 Å². The number of amides is 1. The van der Waals surface area contributed by atoms with E-state index in [4.69, 9.17) is 15.1 Å². The van der Waals surface area contributed by atoms with E-state index in [2.05, 4.69) is 5.16 Å². The minimum absolute atomic E-state index is 0.204. The summed E-state index contributed by atoms with van der Waals surface area (Å²) in [5.41, 5.74) is 2.20. The van der Waals surface area contributed by atoms with Crippen molar-refractivity contribution >= 4 is 17.7 Å². The summed E-state index contributed by atoms with van der Waals surface area (Å²) in [6, 6.07) is 1.59. The van der Waals surface area contributed by atoms with Gasteiger partial charge in [0.1, 0.15) is 5.76 Å². The Balaban J connectivity index is 2.27. The maximum absolute atomic E-state index is 11.1. The fourth-order valence-electron chi connectivity index (χ4n) is 1.04. The largest absolute Gasteiger partial charge is 0.385 e. The lowest BCUT2D eigenvalue weighted by atomic mass is 10.4. The highest BCUT2D eigenvalue weighted by Crippen LogP contribution is 2.14. The van der Waals surface area contributed by atoms with Crippen LogP contribution in [-0.4, -0.2) is 30.5 Å². The molecule has 0 bridgehead atoms. The monoisotopic (exact) mass is 245 g/mol. The third-order valence-corrected chi connectivity index (χ3v) is 2.87. The minimum Gasteiger partial charge on any atom is -0.385 e. The standard InChI is InChI=1S/C9H15N3O3S/c1-14-3-2-4-16-6-7-5-8(12-15-7)9(13)11-10/h5H,2-4,6,10H2,1H3,(H,11,13). The van der Waals surface area contributed by atoms with E-state index in [0.29, 0.717) is 11.5 Å². The molecule has 0 fully saturated rings. The zero-order valence-corrected chi connectivity index (χ0v) is 9.88. The molecular formula is C9H15N3O3S. The van der Waals surface area contributed by atoms with Crippen molar-refractivity contribution in [2.24, 2.45) is 5.84 Å². The number of carbonyl (C=O) groups excluding carboxylic acids is 1. The van der Waals surface area contributed by atoms with Gasteiger partial charge >= 0.3 is 0 Å². The molecule has 6 nitrogen and oxygen atoms in total. The molecule has 0 saturated heterocycles. The second-order valence-corrected chi connectivity index (χ2v) is 4.16. The number of aromatic nitrogens is 1. The molecule has 1 rings (SSSR count). The number of thioether (sulfide) groups is 1. The van der Waals surface area contributed by atoms with Crippen LogP contribution in [0.25, 0.3) is 0 Å². The first-order chi connectivity index (χ1) is 7.77. The van der Waals surface area contributed by atoms with Gasteiger partial charge in [-0.1, -0.05) is 5.16 Å². The van der Waals surface area contributed by atoms with Crippen LogP contribution < -0.4 is 11.3 Å². The lowest BCUT2D eigenvalue weighted by Crippen LogP contribution is -2.30. The number of hydrogen-bond acceptors (Lipinski definition) is 6. The Hall–Kier alpha value is -1.05. The summed E-state index contributed by atoms with van der Waals surface area (Å²) in [5, 5.41) is 3.60. The Morgan fingerprint density at radius 3 is 3.25 bits per heavy atom. The number of nitrogens with zero attached hydrogens (tertiary/aromatic N) is 1. The van der Waals surface area contributed by atoms with Crippen molar-refractivity contribution in [2.45, 2.75) is 12.2 Å². The zero-order chi connectivity index (χ0) is 11.8. The predicted molar refractivity (Wildman–Crippen MR) is 60.8 cm³/mol. The van der Waals surface area contributed by atoms with Gasteiger partial charge in [-0.3, -0.25) is 10.2 Å². The van der Waals surface area contributed by atoms with Crippen molar-refractivity contribution in [3.8, 4) is 0 Å². The Kier molecular flexibility index (Phi) is 5.91. The van der Waals surface area contributed by atoms with Crippen molar-refractivity contribution in [2.75, 3.05) is 19.5 Å². The number of hydrazine groups is 1. The van der Waals surface area contributed by atoms with E-state index in [0.717, 1.165) is 18.8 Å². The highest BCUT2D eigenvalue weighted by molar-refractivity contribution is 7.98. The van der Waals surface area contributed by atoms with Crippen LogP contribution in [0.15, 0.2) is 10.6 Å². The molecule has 16 heavy (non-hydrogen) atoms. The molecule has 90 valence electrons. The molecule has 0 atom stereocenters. The summed E-state index contributed by atoms with van der Waals surface area (Å²) >= 11 is 1.70. The Morgan fingerprint density at radius 1 is 1.75 bits per heavy atom. The fraction of sp³-hybridized carbons (Fsp3) is 0.556. The first-order valence-electron chi connectivity index (χ1n) is 4.81. The molecule has 0 aliphatic rings. The van der Waals surface area contributed by atoms with Gasteiger partial charge in [-0.05, 0) is 12.2 Å². The van der Waals surface area contributed by atoms with Crippen LogP contribution in [0.3, 0.4) is 0 Å². The van der Waals surface area contributed by atoms with Crippen molar-refractivity contribution < 1.29 is 14.1 Å². The van der Waals surface area contributed by atoms with Gasteiger partial charge in [-0.25, -0.2) is 5.84 Å². The van der Waals surface area contributed by atoms with Crippen LogP contribution in [0.2, 0.25) is 0 Å². The van der Waals surface area contributed by atoms with E-state index >= 15 is 0 Å². The Bertz CT molecular complexity index is 330. The van der Waals surface area contributed by atoms with Crippen LogP contribution in [0, 0.1) is 0 Å². The molecular weight excluding hydrogens is 230 g/mol. The maximum Gasteiger partial charge on any atom is 0.287 e. The third kappa shape index (κ3) is 4.21. The van der Waals surface area contributed by atoms with Crippen molar-refractivity contribution in [1.29, 1.82) is 0 Å². The van der Waals surface area contributed by atoms with E-state index in [-0.39, 0.29) is 5.69 Å². The molecule has 1 heterocycles. The number of nitrogens with one attached hydrogen (secondary N) is 1. The lowest BCUT2D eigenvalue weighted by Gasteiger charge is -1.97. The molecule has 3 N–H and O–H groups in total. The van der Waals surface area contributed by atoms with Crippen molar-refractivity contribution in [3.63, 3.8) is 0 Å². The van der Waals surface area contributed by atoms with Gasteiger partial charge in [0.25, 0.3) is 5.91 Å². The number of nitrogens with two attached hydrogens (primary N) is 1. The van der Waals surface area contributed by atoms with Gasteiger partial charge < -0.3 is 9.26 Å². The minimum atomic E-state index is -0.445. The summed E-state index contributed by atoms with van der Waals surface area (Å²) < 4.78 is 9.90. The number of ether oxygens (including phenoxy) is 1. The SMILES string of the molecule is COCCCSCc1cc(C(=O)NN)no1. The molecule has 0 unspecified atom stereocenters. The molecule has 0 saturated carbocycles. The maximum atomic E-state index is 11.1. The number of nitrogen functional groups attached to an aromatic ring is 1. The summed E-state index contributed by atoms with van der Waals surface area (Å²) in [5.74, 6) is 6.86. The quantitative estimate of drug-likeness (QED) is 0.315. The van der Waals surface area contributed by atoms with Gasteiger partial charge in [0.05, 0.1) is 5.75 Å². The van der Waals surface area contributed by atoms with Crippen molar-refractivity contribution in [1.82, 2.24) is 10.6 Å². The van der Waals surface area contributed by atoms with Gasteiger partial charge in [-0.15, -0.1) is 0 Å². The van der Waals surface area contributed by atoms with E-state index in [9.17, 15) is 4.79 Å². The van der Waals surface area contributed by atoms with Gasteiger partial charge in [0, 0.05) is 19.8 Å². The average Bonchev–Trinajstić information content (AvgIpc) is 2.76. The molecule has 0 spiro atoms. The summed E-state index contributed by atoms with van der Waals surface area (Å²) in [7, 11) is 1.68. The smallest absolute Gasteiger partial charge is 0.287 e. The molecule has 0 aliphatic carbocycles. The normalized spacial score (nSPS) is 10.4. The van der Waals surface area contributed by atoms with Gasteiger partial charge in [0.2, 0.25) is 0 Å². The first-order valence-corrected chi connectivity index (χ1v) is 5.96. The highest BCUT2D eigenvalue weighted by Gasteiger charge is 2.10. The average molecular weight is 245 g/mol. The van der Waals surface area contributed by atoms with Crippen molar-refractivity contribution in [3.05, 3.63) is 17.5 Å². The fourth-order valence-corrected chi connectivity index (χ4v) is 1.84. The second kappa shape index (κ2) is 7.26. The molecule has 1 aromatic rings. The predicted octanol–water partition coefficient (Wildman–Crippen LogP) is 0.548. The Labute approximate surface area is 97.8 Å². The Morgan fingerprint density at radius 2 is 2.56 bits per heavy atom. The number of methoxy groups -OCH3 is 1. The van der Waals surface area contributed by atoms with E-state index in [1.54, 1.807) is 24.9 Å². The van der Waals surface area contributed by atoms with Crippen LogP contribution >= 0.6 is 11.8 Å². The highest BCUT2D eigenvalue weighted by atomic mass is 32.2. The topological polar surface area (TPSA) is 90.4 Å². The zero-order valence-electron chi connectivity index (χ0n) is 9.06. The number of rotatable bonds is 7. The van der Waals surface area contributed by atoms with Crippen LogP contribution in [-0.2, 0) is 10.5 Å². The van der Waals surface area contributed by atoms with E-state index in [1.807, 2.05) is 5.43 Å². The van der Waals surface area contributed by atoms with Crippen LogP contribution in [0.4, 0.5) is 0 Å². The number of hydrogen-bond donors (Lipinski definition) is 2. The van der Waals surface area contributed by atoms with Crippen LogP contribution in [0.5, 0.6) is 0 Å². The van der Waals surface area contributed by atoms with E-state index < -0.39 is 5.91 Å². The molecule has 1 amide bonds. The summed E-state index contributed by atoms with van der Waals surface area (Å²) in [4.78, 5) is 11.1. The third-order valence-electron chi connectivity index (χ3n) is 1.80. The lowest BCUT2D eigenvalue weighted by molar-refractivity contribution is 0.0944. The second-order valence-electron chi connectivity index (χ2n) is 3.05. The molecule has 1 aromatic heterocycles. The molecule has 7 heteroatoms. The number of carbonyl (C=O) groups is 1. The molecule has 0 aromatic carbocycles. The van der Waals surface area contributed by atoms with Crippen LogP contribution in [0.1, 0.15) is 22.7 Å². The first kappa shape index (κ1) is 13.0.